The van der Waals surface area contributed by atoms with Crippen molar-refractivity contribution in [2.75, 3.05) is 26.7 Å². The van der Waals surface area contributed by atoms with Gasteiger partial charge < -0.3 is 10.6 Å². The molecule has 1 saturated heterocycles. The van der Waals surface area contributed by atoms with E-state index in [0.29, 0.717) is 5.56 Å². The first kappa shape index (κ1) is 17.6. The van der Waals surface area contributed by atoms with Crippen LogP contribution in [0.15, 0.2) is 30.5 Å². The van der Waals surface area contributed by atoms with E-state index in [2.05, 4.69) is 46.7 Å². The Morgan fingerprint density at radius 2 is 2.28 bits per heavy atom. The summed E-state index contributed by atoms with van der Waals surface area (Å²) in [5.74, 6) is -0.0442. The molecular weight excluding hydrogens is 314 g/mol. The van der Waals surface area contributed by atoms with E-state index in [9.17, 15) is 4.79 Å². The number of aromatic nitrogens is 2. The molecule has 1 aromatic heterocycles. The number of aryl methyl sites for hydroxylation is 2. The van der Waals surface area contributed by atoms with Crippen molar-refractivity contribution in [1.82, 2.24) is 25.3 Å². The standard InChI is InChI=1S/C19H27N5O/c1-4-24-13-17(14(2)22-24)12-23-9-8-21-11-18(23)15-6-5-7-16(10-15)19(25)20-3/h5-7,10,13,18,21H,4,8-9,11-12H2,1-3H3,(H,20,25)/t18-/m1/s1. The average molecular weight is 341 g/mol. The van der Waals surface area contributed by atoms with Gasteiger partial charge >= 0.3 is 0 Å². The zero-order chi connectivity index (χ0) is 17.8. The van der Waals surface area contributed by atoms with E-state index in [-0.39, 0.29) is 11.9 Å². The van der Waals surface area contributed by atoms with Crippen LogP contribution >= 0.6 is 0 Å². The molecule has 1 amide bonds. The van der Waals surface area contributed by atoms with Crippen LogP contribution in [0, 0.1) is 6.92 Å². The van der Waals surface area contributed by atoms with Gasteiger partial charge in [0, 0.05) is 63.1 Å². The number of carbonyl (C=O) groups is 1. The minimum atomic E-state index is -0.0442. The van der Waals surface area contributed by atoms with Crippen LogP contribution in [0.1, 0.15) is 40.1 Å². The Hall–Kier alpha value is -2.18. The fourth-order valence-electron chi connectivity index (χ4n) is 3.39. The lowest BCUT2D eigenvalue weighted by atomic mass is 10.00. The van der Waals surface area contributed by atoms with Crippen LogP contribution in [0.2, 0.25) is 0 Å². The van der Waals surface area contributed by atoms with Crippen LogP contribution in [0.25, 0.3) is 0 Å². The Labute approximate surface area is 149 Å². The van der Waals surface area contributed by atoms with Gasteiger partial charge in [0.05, 0.1) is 5.69 Å². The Balaban J connectivity index is 1.83. The van der Waals surface area contributed by atoms with E-state index in [1.165, 1.54) is 11.1 Å². The molecule has 2 N–H and O–H groups in total. The Bertz CT molecular complexity index is 739. The van der Waals surface area contributed by atoms with Crippen molar-refractivity contribution < 1.29 is 4.79 Å². The zero-order valence-electron chi connectivity index (χ0n) is 15.2. The molecule has 134 valence electrons. The highest BCUT2D eigenvalue weighted by Gasteiger charge is 2.25. The van der Waals surface area contributed by atoms with Gasteiger partial charge in [-0.25, -0.2) is 0 Å². The lowest BCUT2D eigenvalue weighted by Gasteiger charge is -2.36. The van der Waals surface area contributed by atoms with Crippen LogP contribution in [0.5, 0.6) is 0 Å². The molecule has 1 aliphatic rings. The third kappa shape index (κ3) is 3.91. The van der Waals surface area contributed by atoms with Crippen LogP contribution < -0.4 is 10.6 Å². The van der Waals surface area contributed by atoms with Gasteiger partial charge in [-0.3, -0.25) is 14.4 Å². The van der Waals surface area contributed by atoms with E-state index in [0.717, 1.165) is 38.4 Å². The van der Waals surface area contributed by atoms with Crippen LogP contribution in [-0.2, 0) is 13.1 Å². The van der Waals surface area contributed by atoms with Crippen molar-refractivity contribution in [2.24, 2.45) is 0 Å². The topological polar surface area (TPSA) is 62.2 Å². The molecule has 0 radical (unpaired) electrons. The maximum Gasteiger partial charge on any atom is 0.251 e. The summed E-state index contributed by atoms with van der Waals surface area (Å²) in [7, 11) is 1.66. The van der Waals surface area contributed by atoms with Crippen molar-refractivity contribution in [3.8, 4) is 0 Å². The molecule has 1 aromatic carbocycles. The van der Waals surface area contributed by atoms with Crippen molar-refractivity contribution in [3.63, 3.8) is 0 Å². The molecule has 1 atom stereocenters. The zero-order valence-corrected chi connectivity index (χ0v) is 15.2. The molecule has 0 bridgehead atoms. The molecule has 0 aliphatic carbocycles. The van der Waals surface area contributed by atoms with Crippen LogP contribution in [0.3, 0.4) is 0 Å². The predicted molar refractivity (Wildman–Crippen MR) is 98.5 cm³/mol. The number of hydrogen-bond acceptors (Lipinski definition) is 4. The first-order valence-corrected chi connectivity index (χ1v) is 8.92. The molecule has 0 unspecified atom stereocenters. The second-order valence-electron chi connectivity index (χ2n) is 6.49. The van der Waals surface area contributed by atoms with Crippen molar-refractivity contribution in [2.45, 2.75) is 33.0 Å². The molecule has 6 nitrogen and oxygen atoms in total. The second-order valence-corrected chi connectivity index (χ2v) is 6.49. The Morgan fingerprint density at radius 3 is 3.00 bits per heavy atom. The first-order chi connectivity index (χ1) is 12.1. The molecule has 2 aromatic rings. The summed E-state index contributed by atoms with van der Waals surface area (Å²) >= 11 is 0. The molecule has 0 saturated carbocycles. The van der Waals surface area contributed by atoms with Gasteiger partial charge in [0.1, 0.15) is 0 Å². The van der Waals surface area contributed by atoms with E-state index in [1.54, 1.807) is 7.05 Å². The monoisotopic (exact) mass is 341 g/mol. The Kier molecular flexibility index (Phi) is 5.50. The summed E-state index contributed by atoms with van der Waals surface area (Å²) < 4.78 is 1.99. The third-order valence-electron chi connectivity index (χ3n) is 4.86. The van der Waals surface area contributed by atoms with Crippen LogP contribution in [0.4, 0.5) is 0 Å². The summed E-state index contributed by atoms with van der Waals surface area (Å²) in [5.41, 5.74) is 4.25. The number of nitrogens with one attached hydrogen (secondary N) is 2. The van der Waals surface area contributed by atoms with Gasteiger partial charge in [-0.15, -0.1) is 0 Å². The Morgan fingerprint density at radius 1 is 1.44 bits per heavy atom. The quantitative estimate of drug-likeness (QED) is 0.869. The van der Waals surface area contributed by atoms with Gasteiger partial charge in [0.15, 0.2) is 0 Å². The number of rotatable bonds is 5. The summed E-state index contributed by atoms with van der Waals surface area (Å²) in [6.07, 6.45) is 2.15. The summed E-state index contributed by atoms with van der Waals surface area (Å²) in [6.45, 7) is 8.79. The molecule has 1 fully saturated rings. The van der Waals surface area contributed by atoms with Crippen molar-refractivity contribution >= 4 is 5.91 Å². The number of hydrogen-bond donors (Lipinski definition) is 2. The fraction of sp³-hybridized carbons (Fsp3) is 0.474. The van der Waals surface area contributed by atoms with E-state index < -0.39 is 0 Å². The maximum absolute atomic E-state index is 12.0. The number of nitrogens with zero attached hydrogens (tertiary/aromatic N) is 3. The molecule has 6 heteroatoms. The second kappa shape index (κ2) is 7.80. The minimum Gasteiger partial charge on any atom is -0.355 e. The number of carbonyl (C=O) groups excluding carboxylic acids is 1. The highest BCUT2D eigenvalue weighted by molar-refractivity contribution is 5.94. The predicted octanol–water partition coefficient (Wildman–Crippen LogP) is 1.72. The van der Waals surface area contributed by atoms with E-state index >= 15 is 0 Å². The third-order valence-corrected chi connectivity index (χ3v) is 4.86. The molecule has 1 aliphatic heterocycles. The van der Waals surface area contributed by atoms with E-state index in [4.69, 9.17) is 0 Å². The molecule has 2 heterocycles. The normalized spacial score (nSPS) is 18.3. The average Bonchev–Trinajstić information content (AvgIpc) is 3.01. The number of benzene rings is 1. The highest BCUT2D eigenvalue weighted by Crippen LogP contribution is 2.25. The van der Waals surface area contributed by atoms with Gasteiger partial charge in [-0.05, 0) is 31.5 Å². The lowest BCUT2D eigenvalue weighted by molar-refractivity contribution is 0.0962. The summed E-state index contributed by atoms with van der Waals surface area (Å²) in [4.78, 5) is 14.4. The van der Waals surface area contributed by atoms with Crippen LogP contribution in [-0.4, -0.2) is 47.3 Å². The largest absolute Gasteiger partial charge is 0.355 e. The van der Waals surface area contributed by atoms with Gasteiger partial charge in [0.2, 0.25) is 0 Å². The van der Waals surface area contributed by atoms with Crippen molar-refractivity contribution in [3.05, 3.63) is 52.8 Å². The summed E-state index contributed by atoms with van der Waals surface area (Å²) in [5, 5.41) is 10.7. The van der Waals surface area contributed by atoms with Gasteiger partial charge in [-0.2, -0.15) is 5.10 Å². The van der Waals surface area contributed by atoms with Gasteiger partial charge in [0.25, 0.3) is 5.91 Å². The van der Waals surface area contributed by atoms with Gasteiger partial charge in [-0.1, -0.05) is 12.1 Å². The van der Waals surface area contributed by atoms with E-state index in [1.807, 2.05) is 22.9 Å². The maximum atomic E-state index is 12.0. The molecule has 0 spiro atoms. The van der Waals surface area contributed by atoms with Crippen molar-refractivity contribution in [1.29, 1.82) is 0 Å². The molecule has 25 heavy (non-hydrogen) atoms. The molecular formula is C19H27N5O. The number of amides is 1. The first-order valence-electron chi connectivity index (χ1n) is 8.92. The smallest absolute Gasteiger partial charge is 0.251 e. The summed E-state index contributed by atoms with van der Waals surface area (Å²) in [6, 6.07) is 8.19. The fourth-order valence-corrected chi connectivity index (χ4v) is 3.39. The number of piperazine rings is 1. The highest BCUT2D eigenvalue weighted by atomic mass is 16.1. The molecule has 3 rings (SSSR count). The minimum absolute atomic E-state index is 0.0442. The lowest BCUT2D eigenvalue weighted by Crippen LogP contribution is -2.45. The SMILES string of the molecule is CCn1cc(CN2CCNC[C@@H]2c2cccc(C(=O)NC)c2)c(C)n1.